The van der Waals surface area contributed by atoms with Crippen LogP contribution in [-0.2, 0) is 127 Å². The molecule has 0 aliphatic heterocycles. The molecule has 0 atom stereocenters. The first-order chi connectivity index (χ1) is 10.2. The number of hydrogen-bond acceptors (Lipinski definition) is 6. The van der Waals surface area contributed by atoms with Crippen LogP contribution in [0.15, 0.2) is 0 Å². The zero-order valence-electron chi connectivity index (χ0n) is 16.8. The van der Waals surface area contributed by atoms with Gasteiger partial charge in [0.1, 0.15) is 0 Å². The summed E-state index contributed by atoms with van der Waals surface area (Å²) >= 11 is 18.3. The van der Waals surface area contributed by atoms with Crippen molar-refractivity contribution in [3.63, 3.8) is 0 Å². The summed E-state index contributed by atoms with van der Waals surface area (Å²) in [6, 6.07) is 0. The summed E-state index contributed by atoms with van der Waals surface area (Å²) in [4.78, 5) is 0. The summed E-state index contributed by atoms with van der Waals surface area (Å²) in [5, 5.41) is 0. The fourth-order valence-electron chi connectivity index (χ4n) is 0.901. The quantitative estimate of drug-likeness (QED) is 0.150. The molecule has 0 amide bonds. The van der Waals surface area contributed by atoms with E-state index in [1.807, 2.05) is 27.7 Å². The van der Waals surface area contributed by atoms with Gasteiger partial charge in [-0.1, -0.05) is 52.2 Å². The minimum atomic E-state index is -2.20. The van der Waals surface area contributed by atoms with Gasteiger partial charge in [0.2, 0.25) is 11.4 Å². The van der Waals surface area contributed by atoms with E-state index in [0.29, 0.717) is 26.4 Å². The minimum Gasteiger partial charge on any atom is -2.00 e. The van der Waals surface area contributed by atoms with Crippen molar-refractivity contribution >= 4 is 86.5 Å². The minimum absolute atomic E-state index is 0. The molecule has 0 heterocycles. The van der Waals surface area contributed by atoms with E-state index in [-0.39, 0.29) is 85.4 Å². The molecule has 0 unspecified atom stereocenters. The van der Waals surface area contributed by atoms with E-state index in [1.54, 1.807) is 0 Å². The second kappa shape index (κ2) is 32.6. The summed E-state index contributed by atoms with van der Waals surface area (Å²) in [5.41, 5.74) is -4.40. The molecule has 4 nitrogen and oxygen atoms in total. The largest absolute Gasteiger partial charge is 2.00 e. The van der Waals surface area contributed by atoms with Crippen LogP contribution in [-0.4, -0.2) is 26.4 Å². The smallest absolute Gasteiger partial charge is 2.00 e. The van der Waals surface area contributed by atoms with Crippen LogP contribution in [0, 0.1) is 0 Å². The van der Waals surface area contributed by atoms with Crippen molar-refractivity contribution in [2.75, 3.05) is 26.4 Å². The Balaban J connectivity index is -0.0000000500. The van der Waals surface area contributed by atoms with Crippen LogP contribution in [0.3, 0.4) is 0 Å². The first-order valence-electron chi connectivity index (χ1n) is 7.48. The molecule has 0 bridgehead atoms. The zero-order valence-corrected chi connectivity index (χ0v) is 32.6. The third-order valence-corrected chi connectivity index (χ3v) is 6.52. The molecular weight excluding hydrogens is 659 g/mol. The van der Waals surface area contributed by atoms with Crippen LogP contribution in [0.5, 0.6) is 0 Å². The Morgan fingerprint density at radius 3 is 0.815 bits per heavy atom. The Labute approximate surface area is 240 Å². The second-order valence-corrected chi connectivity index (χ2v) is 14.8. The standard InChI is InChI=1S/2C6H15O2PS2.2S.3Zn/c2*1-3-5-7-9(10,11)8-6-4-2;;;;;/h2*3-6H2,1-2H3,(H,10,11);;;;;/q;;2*-2;3*+2. The van der Waals surface area contributed by atoms with Gasteiger partial charge in [0.25, 0.3) is 0 Å². The van der Waals surface area contributed by atoms with Gasteiger partial charge in [-0.25, -0.2) is 0 Å². The number of rotatable bonds is 12. The van der Waals surface area contributed by atoms with Gasteiger partial charge in [0.05, 0.1) is 26.4 Å². The summed E-state index contributed by atoms with van der Waals surface area (Å²) in [5.74, 6) is 0. The van der Waals surface area contributed by atoms with Crippen molar-refractivity contribution in [3.8, 4) is 0 Å². The molecule has 0 aliphatic carbocycles. The third kappa shape index (κ3) is 41.2. The van der Waals surface area contributed by atoms with Gasteiger partial charge in [-0.3, -0.25) is 0 Å². The van der Waals surface area contributed by atoms with E-state index in [2.05, 4.69) is 24.5 Å². The maximum atomic E-state index is 5.25. The molecule has 0 aromatic rings. The fourth-order valence-corrected chi connectivity index (χ4v) is 4.58. The zero-order chi connectivity index (χ0) is 17.5. The van der Waals surface area contributed by atoms with Crippen molar-refractivity contribution in [1.29, 1.82) is 0 Å². The summed E-state index contributed by atoms with van der Waals surface area (Å²) in [6.45, 7) is 10.7. The van der Waals surface area contributed by atoms with Crippen LogP contribution >= 0.6 is 35.9 Å². The number of thiol groups is 2. The van der Waals surface area contributed by atoms with Crippen molar-refractivity contribution < 1.29 is 76.5 Å². The maximum Gasteiger partial charge on any atom is 2.00 e. The van der Waals surface area contributed by atoms with Crippen LogP contribution in [0.4, 0.5) is 0 Å². The topological polar surface area (TPSA) is 36.9 Å². The molecule has 0 N–H and O–H groups in total. The maximum absolute atomic E-state index is 5.25. The molecule has 0 fully saturated rings. The van der Waals surface area contributed by atoms with Gasteiger partial charge >= 0.3 is 58.4 Å². The molecule has 0 spiro atoms. The molecule has 15 heteroatoms. The van der Waals surface area contributed by atoms with E-state index in [4.69, 9.17) is 41.7 Å². The molecule has 0 aliphatic rings. The van der Waals surface area contributed by atoms with Gasteiger partial charge in [0, 0.05) is 0 Å². The SMILES string of the molecule is CCCOP(=S)(S)OCCC.CCCOP(=S)(S)OCCC.[S-2].[S-2].[Zn+2].[Zn+2].[Zn+2]. The van der Waals surface area contributed by atoms with Crippen LogP contribution < -0.4 is 0 Å². The first kappa shape index (κ1) is 48.7. The molecule has 0 aromatic carbocycles. The molecule has 27 heavy (non-hydrogen) atoms. The van der Waals surface area contributed by atoms with Crippen molar-refractivity contribution in [2.24, 2.45) is 0 Å². The fraction of sp³-hybridized carbons (Fsp3) is 1.00. The normalized spacial score (nSPS) is 9.70. The van der Waals surface area contributed by atoms with Gasteiger partial charge in [-0.05, 0) is 49.3 Å². The molecule has 0 saturated heterocycles. The Morgan fingerprint density at radius 1 is 0.556 bits per heavy atom. The summed E-state index contributed by atoms with van der Waals surface area (Å²) < 4.78 is 21.0. The van der Waals surface area contributed by atoms with E-state index < -0.39 is 11.4 Å². The van der Waals surface area contributed by atoms with Crippen LogP contribution in [0.2, 0.25) is 0 Å². The molecule has 0 saturated carbocycles. The number of hydrogen-bond donors (Lipinski definition) is 2. The Bertz CT molecular complexity index is 307. The Kier molecular flexibility index (Phi) is 58.8. The molecule has 0 radical (unpaired) electrons. The predicted octanol–water partition coefficient (Wildman–Crippen LogP) is 5.98. The van der Waals surface area contributed by atoms with Crippen molar-refractivity contribution in [3.05, 3.63) is 0 Å². The van der Waals surface area contributed by atoms with E-state index in [9.17, 15) is 0 Å². The van der Waals surface area contributed by atoms with Gasteiger partial charge in [-0.2, -0.15) is 0 Å². The summed E-state index contributed by atoms with van der Waals surface area (Å²) in [7, 11) is 0. The van der Waals surface area contributed by atoms with E-state index in [1.165, 1.54) is 0 Å². The molecule has 0 aromatic heterocycles. The molecular formula is C12H30O4P2S6Zn3+2. The molecule has 152 valence electrons. The van der Waals surface area contributed by atoms with Gasteiger partial charge < -0.3 is 45.1 Å². The Hall–Kier alpha value is 4.41. The Morgan fingerprint density at radius 2 is 0.704 bits per heavy atom. The first-order valence-corrected chi connectivity index (χ1v) is 15.1. The van der Waals surface area contributed by atoms with Crippen molar-refractivity contribution in [2.45, 2.75) is 53.4 Å². The van der Waals surface area contributed by atoms with Crippen LogP contribution in [0.1, 0.15) is 53.4 Å². The van der Waals surface area contributed by atoms with Crippen molar-refractivity contribution in [1.82, 2.24) is 0 Å². The van der Waals surface area contributed by atoms with E-state index >= 15 is 0 Å². The van der Waals surface area contributed by atoms with E-state index in [0.717, 1.165) is 25.7 Å². The monoisotopic (exact) mass is 684 g/mol. The third-order valence-electron chi connectivity index (χ3n) is 1.83. The van der Waals surface area contributed by atoms with Crippen LogP contribution in [0.25, 0.3) is 0 Å². The predicted molar refractivity (Wildman–Crippen MR) is 126 cm³/mol. The summed E-state index contributed by atoms with van der Waals surface area (Å²) in [6.07, 6.45) is 3.81. The molecule has 0 rings (SSSR count). The average molecular weight is 689 g/mol. The van der Waals surface area contributed by atoms with Gasteiger partial charge in [0.15, 0.2) is 0 Å². The average Bonchev–Trinajstić information content (AvgIpc) is 2.48. The van der Waals surface area contributed by atoms with Gasteiger partial charge in [-0.15, -0.1) is 0 Å². The second-order valence-electron chi connectivity index (χ2n) is 4.27.